The Morgan fingerprint density at radius 1 is 1.14 bits per heavy atom. The highest BCUT2D eigenvalue weighted by Crippen LogP contribution is 2.31. The SMILES string of the molecule is C=C(CCOCCC)Cc1ccc(C(F)(F)F)cc1CC. The molecule has 0 aromatic heterocycles. The van der Waals surface area contributed by atoms with Crippen LogP contribution >= 0.6 is 0 Å². The molecule has 1 nitrogen and oxygen atoms in total. The second-order valence-corrected chi connectivity index (χ2v) is 5.12. The van der Waals surface area contributed by atoms with Gasteiger partial charge in [-0.25, -0.2) is 0 Å². The van der Waals surface area contributed by atoms with Gasteiger partial charge in [0.1, 0.15) is 0 Å². The van der Waals surface area contributed by atoms with Crippen molar-refractivity contribution in [3.8, 4) is 0 Å². The van der Waals surface area contributed by atoms with Gasteiger partial charge < -0.3 is 4.74 Å². The van der Waals surface area contributed by atoms with Gasteiger partial charge in [0.25, 0.3) is 0 Å². The molecule has 0 saturated heterocycles. The Hall–Kier alpha value is -1.29. The molecule has 21 heavy (non-hydrogen) atoms. The molecule has 0 aliphatic rings. The van der Waals surface area contributed by atoms with Crippen molar-refractivity contribution >= 4 is 0 Å². The quantitative estimate of drug-likeness (QED) is 0.474. The lowest BCUT2D eigenvalue weighted by Gasteiger charge is -2.14. The van der Waals surface area contributed by atoms with E-state index in [1.165, 1.54) is 6.07 Å². The first-order valence-corrected chi connectivity index (χ1v) is 7.31. The van der Waals surface area contributed by atoms with Gasteiger partial charge in [-0.3, -0.25) is 0 Å². The van der Waals surface area contributed by atoms with Crippen LogP contribution in [0.1, 0.15) is 43.4 Å². The Bertz CT molecular complexity index is 464. The molecule has 0 amide bonds. The van der Waals surface area contributed by atoms with E-state index in [0.29, 0.717) is 19.4 Å². The lowest BCUT2D eigenvalue weighted by atomic mass is 9.95. The molecule has 0 atom stereocenters. The van der Waals surface area contributed by atoms with Gasteiger partial charge in [-0.15, -0.1) is 0 Å². The molecule has 0 bridgehead atoms. The Labute approximate surface area is 124 Å². The summed E-state index contributed by atoms with van der Waals surface area (Å²) in [6.45, 7) is 9.26. The van der Waals surface area contributed by atoms with Crippen molar-refractivity contribution in [3.63, 3.8) is 0 Å². The van der Waals surface area contributed by atoms with Gasteiger partial charge in [0.2, 0.25) is 0 Å². The van der Waals surface area contributed by atoms with Crippen LogP contribution in [0.3, 0.4) is 0 Å². The molecule has 4 heteroatoms. The average molecular weight is 300 g/mol. The number of aryl methyl sites for hydroxylation is 1. The predicted octanol–water partition coefficient (Wildman–Crippen LogP) is 5.18. The minimum absolute atomic E-state index is 0.582. The topological polar surface area (TPSA) is 9.23 Å². The highest BCUT2D eigenvalue weighted by molar-refractivity contribution is 5.35. The summed E-state index contributed by atoms with van der Waals surface area (Å²) in [6, 6.07) is 3.96. The molecular weight excluding hydrogens is 277 g/mol. The number of hydrogen-bond acceptors (Lipinski definition) is 1. The summed E-state index contributed by atoms with van der Waals surface area (Å²) < 4.78 is 43.5. The van der Waals surface area contributed by atoms with E-state index in [9.17, 15) is 13.2 Å². The van der Waals surface area contributed by atoms with E-state index in [4.69, 9.17) is 4.74 Å². The Morgan fingerprint density at radius 2 is 1.86 bits per heavy atom. The number of halogens is 3. The number of rotatable bonds is 8. The summed E-state index contributed by atoms with van der Waals surface area (Å²) in [5, 5.41) is 0. The Morgan fingerprint density at radius 3 is 2.43 bits per heavy atom. The van der Waals surface area contributed by atoms with E-state index in [1.807, 2.05) is 13.8 Å². The minimum Gasteiger partial charge on any atom is -0.381 e. The average Bonchev–Trinajstić information content (AvgIpc) is 2.43. The first-order chi connectivity index (χ1) is 9.88. The Balaban J connectivity index is 2.68. The number of benzene rings is 1. The third-order valence-corrected chi connectivity index (χ3v) is 3.30. The van der Waals surface area contributed by atoms with Crippen LogP contribution < -0.4 is 0 Å². The largest absolute Gasteiger partial charge is 0.416 e. The van der Waals surface area contributed by atoms with Crippen molar-refractivity contribution < 1.29 is 17.9 Å². The molecule has 118 valence electrons. The maximum atomic E-state index is 12.7. The van der Waals surface area contributed by atoms with Crippen molar-refractivity contribution in [2.75, 3.05) is 13.2 Å². The summed E-state index contributed by atoms with van der Waals surface area (Å²) in [5.41, 5.74) is 2.06. The lowest BCUT2D eigenvalue weighted by Crippen LogP contribution is -2.07. The molecular formula is C17H23F3O. The third-order valence-electron chi connectivity index (χ3n) is 3.30. The summed E-state index contributed by atoms with van der Waals surface area (Å²) in [4.78, 5) is 0. The fraction of sp³-hybridized carbons (Fsp3) is 0.529. The summed E-state index contributed by atoms with van der Waals surface area (Å²) >= 11 is 0. The summed E-state index contributed by atoms with van der Waals surface area (Å²) in [5.74, 6) is 0. The molecule has 0 aliphatic carbocycles. The van der Waals surface area contributed by atoms with Crippen LogP contribution in [-0.4, -0.2) is 13.2 Å². The summed E-state index contributed by atoms with van der Waals surface area (Å²) in [6.07, 6.45) is -1.38. The molecule has 0 radical (unpaired) electrons. The fourth-order valence-electron chi connectivity index (χ4n) is 2.12. The molecule has 0 saturated carbocycles. The van der Waals surface area contributed by atoms with Gasteiger partial charge in [0, 0.05) is 6.61 Å². The summed E-state index contributed by atoms with van der Waals surface area (Å²) in [7, 11) is 0. The highest BCUT2D eigenvalue weighted by atomic mass is 19.4. The van der Waals surface area contributed by atoms with Gasteiger partial charge in [-0.05, 0) is 48.9 Å². The van der Waals surface area contributed by atoms with Crippen molar-refractivity contribution in [1.82, 2.24) is 0 Å². The monoisotopic (exact) mass is 300 g/mol. The molecule has 0 aliphatic heterocycles. The van der Waals surface area contributed by atoms with E-state index >= 15 is 0 Å². The van der Waals surface area contributed by atoms with Crippen molar-refractivity contribution in [2.24, 2.45) is 0 Å². The van der Waals surface area contributed by atoms with Gasteiger partial charge in [-0.1, -0.05) is 32.1 Å². The molecule has 1 aromatic carbocycles. The normalized spacial score (nSPS) is 11.7. The maximum absolute atomic E-state index is 12.7. The van der Waals surface area contributed by atoms with E-state index < -0.39 is 11.7 Å². The first-order valence-electron chi connectivity index (χ1n) is 7.31. The molecule has 0 unspecified atom stereocenters. The van der Waals surface area contributed by atoms with E-state index in [2.05, 4.69) is 6.58 Å². The standard InChI is InChI=1S/C17H23F3O/c1-4-9-21-10-8-13(3)11-15-6-7-16(17(18,19)20)12-14(15)5-2/h6-7,12H,3-5,8-11H2,1-2H3. The predicted molar refractivity (Wildman–Crippen MR) is 79.4 cm³/mol. The van der Waals surface area contributed by atoms with Gasteiger partial charge in [-0.2, -0.15) is 13.2 Å². The number of alkyl halides is 3. The van der Waals surface area contributed by atoms with Gasteiger partial charge in [0.15, 0.2) is 0 Å². The van der Waals surface area contributed by atoms with E-state index in [-0.39, 0.29) is 0 Å². The number of ether oxygens (including phenoxy) is 1. The zero-order valence-electron chi connectivity index (χ0n) is 12.7. The van der Waals surface area contributed by atoms with Crippen LogP contribution in [0.25, 0.3) is 0 Å². The third kappa shape index (κ3) is 5.92. The van der Waals surface area contributed by atoms with Crippen molar-refractivity contribution in [3.05, 3.63) is 47.0 Å². The van der Waals surface area contributed by atoms with Crippen LogP contribution in [-0.2, 0) is 23.8 Å². The van der Waals surface area contributed by atoms with Crippen molar-refractivity contribution in [2.45, 2.75) is 45.7 Å². The van der Waals surface area contributed by atoms with Crippen LogP contribution in [0, 0.1) is 0 Å². The van der Waals surface area contributed by atoms with E-state index in [1.54, 1.807) is 6.07 Å². The van der Waals surface area contributed by atoms with Crippen molar-refractivity contribution in [1.29, 1.82) is 0 Å². The zero-order chi connectivity index (χ0) is 15.9. The van der Waals surface area contributed by atoms with Gasteiger partial charge in [0.05, 0.1) is 12.2 Å². The molecule has 0 spiro atoms. The number of hydrogen-bond donors (Lipinski definition) is 0. The van der Waals surface area contributed by atoms with Crippen LogP contribution in [0.5, 0.6) is 0 Å². The molecule has 0 heterocycles. The van der Waals surface area contributed by atoms with E-state index in [0.717, 1.165) is 42.2 Å². The maximum Gasteiger partial charge on any atom is 0.416 e. The van der Waals surface area contributed by atoms with Crippen LogP contribution in [0.15, 0.2) is 30.4 Å². The lowest BCUT2D eigenvalue weighted by molar-refractivity contribution is -0.137. The van der Waals surface area contributed by atoms with Crippen LogP contribution in [0.2, 0.25) is 0 Å². The smallest absolute Gasteiger partial charge is 0.381 e. The second kappa shape index (κ2) is 8.23. The molecule has 1 aromatic rings. The minimum atomic E-state index is -4.28. The van der Waals surface area contributed by atoms with Gasteiger partial charge >= 0.3 is 6.18 Å². The molecule has 0 N–H and O–H groups in total. The zero-order valence-corrected chi connectivity index (χ0v) is 12.7. The molecule has 0 fully saturated rings. The fourth-order valence-corrected chi connectivity index (χ4v) is 2.12. The molecule has 1 rings (SSSR count). The first kappa shape index (κ1) is 17.8. The Kier molecular flexibility index (Phi) is 6.96. The highest BCUT2D eigenvalue weighted by Gasteiger charge is 2.30. The van der Waals surface area contributed by atoms with Crippen LogP contribution in [0.4, 0.5) is 13.2 Å². The second-order valence-electron chi connectivity index (χ2n) is 5.12.